The number of ether oxygens (including phenoxy) is 1. The number of rotatable bonds is 7. The van der Waals surface area contributed by atoms with E-state index in [-0.39, 0.29) is 5.91 Å². The molecule has 0 aliphatic heterocycles. The highest BCUT2D eigenvalue weighted by Crippen LogP contribution is 2.24. The summed E-state index contributed by atoms with van der Waals surface area (Å²) >= 11 is 7.32. The molecule has 5 nitrogen and oxygen atoms in total. The summed E-state index contributed by atoms with van der Waals surface area (Å²) in [5.41, 5.74) is 2.71. The van der Waals surface area contributed by atoms with Crippen LogP contribution in [-0.2, 0) is 4.79 Å². The Morgan fingerprint density at radius 2 is 2.23 bits per heavy atom. The van der Waals surface area contributed by atoms with Crippen LogP contribution in [0.5, 0.6) is 5.75 Å². The minimum atomic E-state index is -0.0754. The van der Waals surface area contributed by atoms with Crippen LogP contribution in [0.2, 0.25) is 5.02 Å². The Kier molecular flexibility index (Phi) is 6.20. The van der Waals surface area contributed by atoms with Gasteiger partial charge in [-0.15, -0.1) is 11.3 Å². The summed E-state index contributed by atoms with van der Waals surface area (Å²) in [5.74, 6) is 0.712. The number of aryl methyl sites for hydroxylation is 1. The summed E-state index contributed by atoms with van der Waals surface area (Å²) in [7, 11) is 0. The number of aromatic nitrogens is 2. The van der Waals surface area contributed by atoms with E-state index in [1.165, 1.54) is 11.3 Å². The number of halogens is 1. The number of carbonyl (C=O) groups excluding carboxylic acids is 1. The number of pyridine rings is 1. The Morgan fingerprint density at radius 3 is 3.00 bits per heavy atom. The maximum atomic E-state index is 12.1. The molecule has 0 aliphatic carbocycles. The van der Waals surface area contributed by atoms with Crippen LogP contribution in [0.15, 0.2) is 48.1 Å². The van der Waals surface area contributed by atoms with Gasteiger partial charge in [0.2, 0.25) is 5.91 Å². The summed E-state index contributed by atoms with van der Waals surface area (Å²) in [6, 6.07) is 9.27. The van der Waals surface area contributed by atoms with Gasteiger partial charge in [0.1, 0.15) is 5.75 Å². The van der Waals surface area contributed by atoms with Gasteiger partial charge in [0, 0.05) is 34.8 Å². The summed E-state index contributed by atoms with van der Waals surface area (Å²) in [6.45, 7) is 2.41. The third kappa shape index (κ3) is 5.03. The van der Waals surface area contributed by atoms with Crippen LogP contribution < -0.4 is 10.1 Å². The van der Waals surface area contributed by atoms with Crippen LogP contribution in [0.1, 0.15) is 18.4 Å². The van der Waals surface area contributed by atoms with Crippen molar-refractivity contribution in [2.75, 3.05) is 11.9 Å². The predicted octanol–water partition coefficient (Wildman–Crippen LogP) is 4.96. The first kappa shape index (κ1) is 18.4. The molecule has 0 spiro atoms. The molecule has 2 aromatic heterocycles. The first-order valence-electron chi connectivity index (χ1n) is 8.16. The van der Waals surface area contributed by atoms with E-state index in [2.05, 4.69) is 15.3 Å². The molecule has 0 unspecified atom stereocenters. The average molecular weight is 388 g/mol. The number of benzene rings is 1. The third-order valence-corrected chi connectivity index (χ3v) is 4.64. The monoisotopic (exact) mass is 387 g/mol. The molecule has 0 saturated heterocycles. The van der Waals surface area contributed by atoms with Gasteiger partial charge in [-0.1, -0.05) is 11.6 Å². The Labute approximate surface area is 161 Å². The molecule has 0 aliphatic rings. The van der Waals surface area contributed by atoms with E-state index >= 15 is 0 Å². The molecule has 3 aromatic rings. The van der Waals surface area contributed by atoms with Crippen molar-refractivity contribution >= 4 is 34.0 Å². The van der Waals surface area contributed by atoms with Crippen molar-refractivity contribution in [3.8, 4) is 17.0 Å². The van der Waals surface area contributed by atoms with Crippen molar-refractivity contribution in [2.45, 2.75) is 19.8 Å². The van der Waals surface area contributed by atoms with Gasteiger partial charge in [0.15, 0.2) is 5.13 Å². The first-order valence-corrected chi connectivity index (χ1v) is 9.42. The fraction of sp³-hybridized carbons (Fsp3) is 0.211. The lowest BCUT2D eigenvalue weighted by molar-refractivity contribution is -0.116. The maximum Gasteiger partial charge on any atom is 0.226 e. The fourth-order valence-electron chi connectivity index (χ4n) is 2.35. The minimum absolute atomic E-state index is 0.0754. The SMILES string of the molecule is Cc1cc(Cl)ccc1OCCCC(=O)Nc1nc(-c2cccnc2)cs1. The zero-order chi connectivity index (χ0) is 18.4. The Bertz CT molecular complexity index is 884. The molecule has 26 heavy (non-hydrogen) atoms. The fourth-order valence-corrected chi connectivity index (χ4v) is 3.31. The number of hydrogen-bond donors (Lipinski definition) is 1. The van der Waals surface area contributed by atoms with E-state index in [1.54, 1.807) is 18.5 Å². The van der Waals surface area contributed by atoms with Crippen LogP contribution in [-0.4, -0.2) is 22.5 Å². The summed E-state index contributed by atoms with van der Waals surface area (Å²) in [6.07, 6.45) is 4.45. The van der Waals surface area contributed by atoms with Gasteiger partial charge in [-0.3, -0.25) is 9.78 Å². The van der Waals surface area contributed by atoms with Crippen molar-refractivity contribution < 1.29 is 9.53 Å². The number of carbonyl (C=O) groups is 1. The number of anilines is 1. The van der Waals surface area contributed by atoms with E-state index in [9.17, 15) is 4.79 Å². The highest BCUT2D eigenvalue weighted by atomic mass is 35.5. The molecule has 0 atom stereocenters. The Balaban J connectivity index is 1.44. The lowest BCUT2D eigenvalue weighted by Gasteiger charge is -2.09. The number of thiazole rings is 1. The number of nitrogens with one attached hydrogen (secondary N) is 1. The second kappa shape index (κ2) is 8.78. The highest BCUT2D eigenvalue weighted by Gasteiger charge is 2.08. The average Bonchev–Trinajstić information content (AvgIpc) is 3.09. The zero-order valence-corrected chi connectivity index (χ0v) is 15.8. The van der Waals surface area contributed by atoms with Gasteiger partial charge >= 0.3 is 0 Å². The Hall–Kier alpha value is -2.44. The van der Waals surface area contributed by atoms with E-state index < -0.39 is 0 Å². The molecule has 0 fully saturated rings. The second-order valence-electron chi connectivity index (χ2n) is 5.69. The van der Waals surface area contributed by atoms with Gasteiger partial charge in [0.25, 0.3) is 0 Å². The highest BCUT2D eigenvalue weighted by molar-refractivity contribution is 7.14. The molecule has 2 heterocycles. The van der Waals surface area contributed by atoms with Gasteiger partial charge in [-0.25, -0.2) is 4.98 Å². The van der Waals surface area contributed by atoms with E-state index in [0.717, 1.165) is 22.6 Å². The van der Waals surface area contributed by atoms with Gasteiger partial charge in [0.05, 0.1) is 12.3 Å². The molecule has 1 N–H and O–H groups in total. The van der Waals surface area contributed by atoms with Gasteiger partial charge in [-0.05, 0) is 49.2 Å². The number of hydrogen-bond acceptors (Lipinski definition) is 5. The number of amides is 1. The lowest BCUT2D eigenvalue weighted by atomic mass is 10.2. The summed E-state index contributed by atoms with van der Waals surface area (Å²) in [4.78, 5) is 20.5. The topological polar surface area (TPSA) is 64.1 Å². The molecule has 1 aromatic carbocycles. The molecule has 134 valence electrons. The first-order chi connectivity index (χ1) is 12.6. The molecule has 0 saturated carbocycles. The van der Waals surface area contributed by atoms with Gasteiger partial charge < -0.3 is 10.1 Å². The minimum Gasteiger partial charge on any atom is -0.493 e. The van der Waals surface area contributed by atoms with Crippen LogP contribution in [0.3, 0.4) is 0 Å². The summed E-state index contributed by atoms with van der Waals surface area (Å²) in [5, 5.41) is 6.00. The molecule has 1 amide bonds. The number of nitrogens with zero attached hydrogens (tertiary/aromatic N) is 2. The van der Waals surface area contributed by atoms with Crippen LogP contribution in [0, 0.1) is 6.92 Å². The van der Waals surface area contributed by atoms with E-state index in [4.69, 9.17) is 16.3 Å². The van der Waals surface area contributed by atoms with Crippen molar-refractivity contribution in [2.24, 2.45) is 0 Å². The predicted molar refractivity (Wildman–Crippen MR) is 105 cm³/mol. The van der Waals surface area contributed by atoms with Crippen molar-refractivity contribution in [3.63, 3.8) is 0 Å². The zero-order valence-electron chi connectivity index (χ0n) is 14.2. The quantitative estimate of drug-likeness (QED) is 0.581. The molecule has 0 radical (unpaired) electrons. The largest absolute Gasteiger partial charge is 0.493 e. The van der Waals surface area contributed by atoms with E-state index in [0.29, 0.717) is 29.6 Å². The summed E-state index contributed by atoms with van der Waals surface area (Å²) < 4.78 is 5.70. The standard InChI is InChI=1S/C19H18ClN3O2S/c1-13-10-15(20)6-7-17(13)25-9-3-5-18(24)23-19-22-16(12-26-19)14-4-2-8-21-11-14/h2,4,6-8,10-12H,3,5,9H2,1H3,(H,22,23,24). The lowest BCUT2D eigenvalue weighted by Crippen LogP contribution is -2.12. The molecule has 3 rings (SSSR count). The molecular formula is C19H18ClN3O2S. The van der Waals surface area contributed by atoms with Crippen molar-refractivity contribution in [1.82, 2.24) is 9.97 Å². The van der Waals surface area contributed by atoms with Crippen molar-refractivity contribution in [1.29, 1.82) is 0 Å². The molecular weight excluding hydrogens is 370 g/mol. The van der Waals surface area contributed by atoms with Crippen LogP contribution in [0.4, 0.5) is 5.13 Å². The second-order valence-corrected chi connectivity index (χ2v) is 6.98. The van der Waals surface area contributed by atoms with Crippen LogP contribution in [0.25, 0.3) is 11.3 Å². The van der Waals surface area contributed by atoms with Gasteiger partial charge in [-0.2, -0.15) is 0 Å². The third-order valence-electron chi connectivity index (χ3n) is 3.65. The normalized spacial score (nSPS) is 10.5. The van der Waals surface area contributed by atoms with Crippen molar-refractivity contribution in [3.05, 3.63) is 58.7 Å². The Morgan fingerprint density at radius 1 is 1.35 bits per heavy atom. The molecule has 7 heteroatoms. The maximum absolute atomic E-state index is 12.1. The van der Waals surface area contributed by atoms with Crippen LogP contribution >= 0.6 is 22.9 Å². The molecule has 0 bridgehead atoms. The smallest absolute Gasteiger partial charge is 0.226 e. The van der Waals surface area contributed by atoms with E-state index in [1.807, 2.05) is 36.6 Å².